The van der Waals surface area contributed by atoms with Crippen LogP contribution in [0.2, 0.25) is 0 Å². The molecule has 92 valence electrons. The summed E-state index contributed by atoms with van der Waals surface area (Å²) in [6.45, 7) is 0.774. The number of anilines is 1. The van der Waals surface area contributed by atoms with Gasteiger partial charge in [-0.05, 0) is 24.5 Å². The lowest BCUT2D eigenvalue weighted by Gasteiger charge is -2.11. The second kappa shape index (κ2) is 6.03. The standard InChI is InChI=1S/C13H16ClNO2/c14-9-10-4-1-2-6-12(10)15-13(16)8-11-5-3-7-17-11/h1-2,4,6,11H,3,5,7-9H2,(H,15,16). The lowest BCUT2D eigenvalue weighted by atomic mass is 10.1. The Balaban J connectivity index is 1.92. The summed E-state index contributed by atoms with van der Waals surface area (Å²) in [5, 5.41) is 2.88. The van der Waals surface area contributed by atoms with Crippen LogP contribution >= 0.6 is 11.6 Å². The van der Waals surface area contributed by atoms with Gasteiger partial charge in [0.15, 0.2) is 0 Å². The molecule has 0 bridgehead atoms. The maximum Gasteiger partial charge on any atom is 0.226 e. The number of carbonyl (C=O) groups excluding carboxylic acids is 1. The van der Waals surface area contributed by atoms with Gasteiger partial charge in [0.25, 0.3) is 0 Å². The highest BCUT2D eigenvalue weighted by molar-refractivity contribution is 6.17. The summed E-state index contributed by atoms with van der Waals surface area (Å²) in [5.74, 6) is 0.394. The lowest BCUT2D eigenvalue weighted by molar-refractivity contribution is -0.118. The monoisotopic (exact) mass is 253 g/mol. The molecule has 1 aliphatic rings. The Kier molecular flexibility index (Phi) is 4.40. The summed E-state index contributed by atoms with van der Waals surface area (Å²) in [6.07, 6.45) is 2.54. The molecule has 0 radical (unpaired) electrons. The third-order valence-corrected chi connectivity index (χ3v) is 3.16. The minimum Gasteiger partial charge on any atom is -0.378 e. The number of amides is 1. The van der Waals surface area contributed by atoms with Gasteiger partial charge in [0.05, 0.1) is 12.5 Å². The maximum atomic E-state index is 11.8. The van der Waals surface area contributed by atoms with Crippen LogP contribution in [0.1, 0.15) is 24.8 Å². The van der Waals surface area contributed by atoms with Crippen LogP contribution in [0.5, 0.6) is 0 Å². The van der Waals surface area contributed by atoms with Crippen molar-refractivity contribution < 1.29 is 9.53 Å². The van der Waals surface area contributed by atoms with Crippen LogP contribution in [-0.4, -0.2) is 18.6 Å². The van der Waals surface area contributed by atoms with E-state index in [1.54, 1.807) is 0 Å². The summed E-state index contributed by atoms with van der Waals surface area (Å²) < 4.78 is 5.43. The summed E-state index contributed by atoms with van der Waals surface area (Å²) >= 11 is 5.81. The smallest absolute Gasteiger partial charge is 0.226 e. The molecule has 1 amide bonds. The Morgan fingerprint density at radius 3 is 3.00 bits per heavy atom. The minimum atomic E-state index is -0.00512. The topological polar surface area (TPSA) is 38.3 Å². The zero-order chi connectivity index (χ0) is 12.1. The van der Waals surface area contributed by atoms with Crippen LogP contribution in [-0.2, 0) is 15.4 Å². The second-order valence-corrected chi connectivity index (χ2v) is 4.45. The first-order chi connectivity index (χ1) is 8.29. The number of benzene rings is 1. The Labute approximate surface area is 106 Å². The molecule has 1 N–H and O–H groups in total. The molecule has 1 atom stereocenters. The molecule has 1 unspecified atom stereocenters. The highest BCUT2D eigenvalue weighted by atomic mass is 35.5. The number of rotatable bonds is 4. The number of nitrogens with one attached hydrogen (secondary N) is 1. The molecule has 1 aromatic carbocycles. The van der Waals surface area contributed by atoms with Crippen molar-refractivity contribution in [2.75, 3.05) is 11.9 Å². The average molecular weight is 254 g/mol. The molecule has 17 heavy (non-hydrogen) atoms. The number of alkyl halides is 1. The van der Waals surface area contributed by atoms with E-state index in [0.29, 0.717) is 12.3 Å². The molecule has 0 spiro atoms. The fraction of sp³-hybridized carbons (Fsp3) is 0.462. The first-order valence-electron chi connectivity index (χ1n) is 5.85. The van der Waals surface area contributed by atoms with E-state index in [4.69, 9.17) is 16.3 Å². The molecule has 1 saturated heterocycles. The molecule has 0 aliphatic carbocycles. The third kappa shape index (κ3) is 3.45. The Morgan fingerprint density at radius 1 is 1.47 bits per heavy atom. The molecule has 0 aromatic heterocycles. The average Bonchev–Trinajstić information content (AvgIpc) is 2.82. The van der Waals surface area contributed by atoms with Crippen molar-refractivity contribution in [2.45, 2.75) is 31.2 Å². The molecule has 0 saturated carbocycles. The molecular formula is C13H16ClNO2. The van der Waals surface area contributed by atoms with Crippen molar-refractivity contribution >= 4 is 23.2 Å². The minimum absolute atomic E-state index is 0.00512. The van der Waals surface area contributed by atoms with Gasteiger partial charge in [0.2, 0.25) is 5.91 Å². The van der Waals surface area contributed by atoms with E-state index in [1.165, 1.54) is 0 Å². The highest BCUT2D eigenvalue weighted by Crippen LogP contribution is 2.19. The number of para-hydroxylation sites is 1. The SMILES string of the molecule is O=C(CC1CCCO1)Nc1ccccc1CCl. The fourth-order valence-electron chi connectivity index (χ4n) is 1.97. The normalized spacial score (nSPS) is 19.2. The van der Waals surface area contributed by atoms with Gasteiger partial charge in [-0.25, -0.2) is 0 Å². The highest BCUT2D eigenvalue weighted by Gasteiger charge is 2.19. The first kappa shape index (κ1) is 12.4. The summed E-state index contributed by atoms with van der Waals surface area (Å²) in [7, 11) is 0. The van der Waals surface area contributed by atoms with E-state index in [1.807, 2.05) is 24.3 Å². The summed E-state index contributed by atoms with van der Waals surface area (Å²) in [4.78, 5) is 11.8. The molecule has 4 heteroatoms. The summed E-state index contributed by atoms with van der Waals surface area (Å²) in [5.41, 5.74) is 1.74. The van der Waals surface area contributed by atoms with E-state index in [0.717, 1.165) is 30.7 Å². The molecule has 1 aromatic rings. The van der Waals surface area contributed by atoms with Crippen molar-refractivity contribution in [3.8, 4) is 0 Å². The van der Waals surface area contributed by atoms with E-state index in [9.17, 15) is 4.79 Å². The van der Waals surface area contributed by atoms with Crippen molar-refractivity contribution in [2.24, 2.45) is 0 Å². The van der Waals surface area contributed by atoms with Crippen LogP contribution in [0, 0.1) is 0 Å². The molecule has 1 heterocycles. The number of hydrogen-bond donors (Lipinski definition) is 1. The Morgan fingerprint density at radius 2 is 2.29 bits per heavy atom. The summed E-state index contributed by atoms with van der Waals surface area (Å²) in [6, 6.07) is 7.57. The largest absolute Gasteiger partial charge is 0.378 e. The van der Waals surface area contributed by atoms with E-state index >= 15 is 0 Å². The van der Waals surface area contributed by atoms with Crippen molar-refractivity contribution in [3.05, 3.63) is 29.8 Å². The first-order valence-corrected chi connectivity index (χ1v) is 6.38. The van der Waals surface area contributed by atoms with Crippen LogP contribution in [0.3, 0.4) is 0 Å². The Hall–Kier alpha value is -1.06. The van der Waals surface area contributed by atoms with Gasteiger partial charge in [-0.2, -0.15) is 0 Å². The van der Waals surface area contributed by atoms with E-state index in [2.05, 4.69) is 5.32 Å². The predicted octanol–water partition coefficient (Wildman–Crippen LogP) is 2.93. The molecular weight excluding hydrogens is 238 g/mol. The van der Waals surface area contributed by atoms with Crippen molar-refractivity contribution in [1.29, 1.82) is 0 Å². The van der Waals surface area contributed by atoms with E-state index < -0.39 is 0 Å². The van der Waals surface area contributed by atoms with Crippen LogP contribution in [0.4, 0.5) is 5.69 Å². The number of halogens is 1. The van der Waals surface area contributed by atoms with Gasteiger partial charge >= 0.3 is 0 Å². The van der Waals surface area contributed by atoms with Crippen molar-refractivity contribution in [1.82, 2.24) is 0 Å². The zero-order valence-electron chi connectivity index (χ0n) is 9.62. The molecule has 1 aliphatic heterocycles. The second-order valence-electron chi connectivity index (χ2n) is 4.18. The number of hydrogen-bond acceptors (Lipinski definition) is 2. The van der Waals surface area contributed by atoms with Gasteiger partial charge in [0, 0.05) is 18.2 Å². The maximum absolute atomic E-state index is 11.8. The quantitative estimate of drug-likeness (QED) is 0.838. The molecule has 2 rings (SSSR count). The van der Waals surface area contributed by atoms with Gasteiger partial charge in [-0.15, -0.1) is 11.6 Å². The zero-order valence-corrected chi connectivity index (χ0v) is 10.4. The van der Waals surface area contributed by atoms with Crippen LogP contribution in [0.15, 0.2) is 24.3 Å². The Bertz CT molecular complexity index is 389. The van der Waals surface area contributed by atoms with Crippen LogP contribution < -0.4 is 5.32 Å². The van der Waals surface area contributed by atoms with E-state index in [-0.39, 0.29) is 12.0 Å². The van der Waals surface area contributed by atoms with Gasteiger partial charge in [-0.1, -0.05) is 18.2 Å². The lowest BCUT2D eigenvalue weighted by Crippen LogP contribution is -2.19. The molecule has 1 fully saturated rings. The number of ether oxygens (including phenoxy) is 1. The van der Waals surface area contributed by atoms with Gasteiger partial charge in [-0.3, -0.25) is 4.79 Å². The van der Waals surface area contributed by atoms with Crippen LogP contribution in [0.25, 0.3) is 0 Å². The van der Waals surface area contributed by atoms with Crippen molar-refractivity contribution in [3.63, 3.8) is 0 Å². The number of carbonyl (C=O) groups is 1. The van der Waals surface area contributed by atoms with Gasteiger partial charge in [0.1, 0.15) is 0 Å². The predicted molar refractivity (Wildman–Crippen MR) is 68.2 cm³/mol. The molecule has 3 nitrogen and oxygen atoms in total. The van der Waals surface area contributed by atoms with Gasteiger partial charge < -0.3 is 10.1 Å². The fourth-order valence-corrected chi connectivity index (χ4v) is 2.21. The third-order valence-electron chi connectivity index (χ3n) is 2.87.